The van der Waals surface area contributed by atoms with Crippen LogP contribution in [0.1, 0.15) is 65.4 Å². The average Bonchev–Trinajstić information content (AvgIpc) is 3.06. The first-order valence-corrected chi connectivity index (χ1v) is 13.3. The molecule has 2 aliphatic rings. The zero-order chi connectivity index (χ0) is 28.0. The fraction of sp³-hybridized carbons (Fsp3) is 0.517. The Balaban J connectivity index is 1.78. The summed E-state index contributed by atoms with van der Waals surface area (Å²) in [5.74, 6) is -2.96. The van der Waals surface area contributed by atoms with Crippen LogP contribution in [-0.4, -0.2) is 40.6 Å². The van der Waals surface area contributed by atoms with Crippen LogP contribution in [0.15, 0.2) is 42.5 Å². The fourth-order valence-corrected chi connectivity index (χ4v) is 6.13. The minimum absolute atomic E-state index is 0.108. The van der Waals surface area contributed by atoms with Gasteiger partial charge in [0.2, 0.25) is 11.8 Å². The maximum atomic E-state index is 15.6. The molecular formula is C29H36ClF2N3O3. The quantitative estimate of drug-likeness (QED) is 0.402. The van der Waals surface area contributed by atoms with Crippen LogP contribution in [-0.2, 0) is 9.59 Å². The average molecular weight is 548 g/mol. The van der Waals surface area contributed by atoms with Crippen LogP contribution in [0.25, 0.3) is 0 Å². The normalized spacial score (nSPS) is 31.0. The van der Waals surface area contributed by atoms with E-state index in [-0.39, 0.29) is 33.6 Å². The van der Waals surface area contributed by atoms with Crippen molar-refractivity contribution in [2.45, 2.75) is 83.5 Å². The summed E-state index contributed by atoms with van der Waals surface area (Å²) in [5, 5.41) is 19.2. The minimum atomic E-state index is -1.32. The second kappa shape index (κ2) is 10.2. The van der Waals surface area contributed by atoms with E-state index in [0.29, 0.717) is 19.3 Å². The number of carbonyl (C=O) groups is 2. The van der Waals surface area contributed by atoms with Crippen molar-refractivity contribution in [3.8, 4) is 0 Å². The van der Waals surface area contributed by atoms with E-state index in [1.54, 1.807) is 32.0 Å². The van der Waals surface area contributed by atoms with Gasteiger partial charge in [-0.25, -0.2) is 8.78 Å². The van der Waals surface area contributed by atoms with Gasteiger partial charge in [0, 0.05) is 23.7 Å². The lowest BCUT2D eigenvalue weighted by Gasteiger charge is -2.42. The Bertz CT molecular complexity index is 1220. The molecule has 0 bridgehead atoms. The molecule has 1 saturated heterocycles. The smallest absolute Gasteiger partial charge is 0.238 e. The molecule has 0 unspecified atom stereocenters. The van der Waals surface area contributed by atoms with Gasteiger partial charge in [-0.3, -0.25) is 9.59 Å². The first kappa shape index (κ1) is 28.5. The Morgan fingerprint density at radius 3 is 2.39 bits per heavy atom. The molecular weight excluding hydrogens is 512 g/mol. The summed E-state index contributed by atoms with van der Waals surface area (Å²) in [7, 11) is 0. The lowest BCUT2D eigenvalue weighted by Crippen LogP contribution is -2.57. The molecule has 0 radical (unpaired) electrons. The monoisotopic (exact) mass is 547 g/mol. The van der Waals surface area contributed by atoms with Crippen molar-refractivity contribution in [1.82, 2.24) is 10.6 Å². The second-order valence-electron chi connectivity index (χ2n) is 12.4. The molecule has 4 N–H and O–H groups in total. The standard InChI is InChI=1S/C29H36ClF2N3O3/c1-27(2,3)15-21-29(5,26(37)34-17-9-6-8-16(31)12-17)22(19-10-7-11-20(30)23(19)32)24(35-21)25(36)33-18-13-28(4,38)14-18/h6-12,18,21-22,24,35,38H,13-15H2,1-5H3,(H,33,36)(H,34,37)/t18-,21-,22+,24-,28+,29+/m1/s1. The number of anilines is 1. The number of hydrogen-bond acceptors (Lipinski definition) is 4. The van der Waals surface area contributed by atoms with Gasteiger partial charge in [-0.2, -0.15) is 0 Å². The van der Waals surface area contributed by atoms with Crippen LogP contribution in [0.5, 0.6) is 0 Å². The highest BCUT2D eigenvalue weighted by Crippen LogP contribution is 2.51. The molecule has 0 spiro atoms. The van der Waals surface area contributed by atoms with Crippen molar-refractivity contribution in [3.63, 3.8) is 0 Å². The Morgan fingerprint density at radius 2 is 1.79 bits per heavy atom. The molecule has 206 valence electrons. The van der Waals surface area contributed by atoms with Crippen molar-refractivity contribution in [3.05, 3.63) is 64.7 Å². The molecule has 2 aromatic rings. The van der Waals surface area contributed by atoms with E-state index in [1.165, 1.54) is 24.3 Å². The molecule has 0 aromatic heterocycles. The number of nitrogens with one attached hydrogen (secondary N) is 3. The number of benzene rings is 2. The maximum Gasteiger partial charge on any atom is 0.238 e. The van der Waals surface area contributed by atoms with E-state index >= 15 is 4.39 Å². The van der Waals surface area contributed by atoms with Gasteiger partial charge in [-0.15, -0.1) is 0 Å². The van der Waals surface area contributed by atoms with Gasteiger partial charge in [0.15, 0.2) is 0 Å². The molecule has 1 aliphatic heterocycles. The molecule has 9 heteroatoms. The molecule has 6 nitrogen and oxygen atoms in total. The number of rotatable bonds is 6. The highest BCUT2D eigenvalue weighted by atomic mass is 35.5. The molecule has 38 heavy (non-hydrogen) atoms. The summed E-state index contributed by atoms with van der Waals surface area (Å²) in [4.78, 5) is 27.7. The third kappa shape index (κ3) is 5.72. The SMILES string of the molecule is CC(C)(C)C[C@H]1N[C@@H](C(=O)N[C@H]2C[C@@](C)(O)C2)[C@H](c2cccc(Cl)c2F)[C@@]1(C)C(=O)Nc1cccc(F)c1. The summed E-state index contributed by atoms with van der Waals surface area (Å²) in [6.07, 6.45) is 1.31. The first-order valence-electron chi connectivity index (χ1n) is 12.9. The molecule has 2 aromatic carbocycles. The molecule has 4 atom stereocenters. The van der Waals surface area contributed by atoms with Crippen molar-refractivity contribution in [1.29, 1.82) is 0 Å². The van der Waals surface area contributed by atoms with Crippen LogP contribution < -0.4 is 16.0 Å². The van der Waals surface area contributed by atoms with Crippen LogP contribution in [0.2, 0.25) is 5.02 Å². The predicted octanol–water partition coefficient (Wildman–Crippen LogP) is 5.15. The lowest BCUT2D eigenvalue weighted by molar-refractivity contribution is -0.128. The largest absolute Gasteiger partial charge is 0.390 e. The summed E-state index contributed by atoms with van der Waals surface area (Å²) >= 11 is 6.16. The van der Waals surface area contributed by atoms with Gasteiger partial charge in [-0.1, -0.05) is 50.6 Å². The van der Waals surface area contributed by atoms with Crippen molar-refractivity contribution in [2.75, 3.05) is 5.32 Å². The summed E-state index contributed by atoms with van der Waals surface area (Å²) in [5.41, 5.74) is -1.99. The number of halogens is 3. The second-order valence-corrected chi connectivity index (χ2v) is 12.8. The van der Waals surface area contributed by atoms with Crippen molar-refractivity contribution in [2.24, 2.45) is 10.8 Å². The molecule has 1 saturated carbocycles. The van der Waals surface area contributed by atoms with Gasteiger partial charge in [0.1, 0.15) is 11.6 Å². The Kier molecular flexibility index (Phi) is 7.64. The lowest BCUT2D eigenvalue weighted by atomic mass is 9.66. The molecule has 2 amide bonds. The van der Waals surface area contributed by atoms with E-state index < -0.39 is 46.6 Å². The summed E-state index contributed by atoms with van der Waals surface area (Å²) < 4.78 is 29.5. The third-order valence-electron chi connectivity index (χ3n) is 7.79. The van der Waals surface area contributed by atoms with Crippen molar-refractivity contribution >= 4 is 29.1 Å². The van der Waals surface area contributed by atoms with Crippen LogP contribution in [0.4, 0.5) is 14.5 Å². The highest BCUT2D eigenvalue weighted by molar-refractivity contribution is 6.30. The van der Waals surface area contributed by atoms with Crippen molar-refractivity contribution < 1.29 is 23.5 Å². The minimum Gasteiger partial charge on any atom is -0.390 e. The zero-order valence-corrected chi connectivity index (χ0v) is 23.1. The van der Waals surface area contributed by atoms with Crippen LogP contribution in [0, 0.1) is 22.5 Å². The zero-order valence-electron chi connectivity index (χ0n) is 22.4. The van der Waals surface area contributed by atoms with E-state index in [2.05, 4.69) is 16.0 Å². The van der Waals surface area contributed by atoms with Gasteiger partial charge >= 0.3 is 0 Å². The topological polar surface area (TPSA) is 90.5 Å². The maximum absolute atomic E-state index is 15.6. The number of amides is 2. The van der Waals surface area contributed by atoms with Crippen LogP contribution >= 0.6 is 11.6 Å². The Morgan fingerprint density at radius 1 is 1.13 bits per heavy atom. The van der Waals surface area contributed by atoms with Gasteiger partial charge in [0.25, 0.3) is 0 Å². The number of hydrogen-bond donors (Lipinski definition) is 4. The third-order valence-corrected chi connectivity index (χ3v) is 8.08. The van der Waals surface area contributed by atoms with Gasteiger partial charge < -0.3 is 21.1 Å². The van der Waals surface area contributed by atoms with E-state index in [1.807, 2.05) is 20.8 Å². The van der Waals surface area contributed by atoms with Gasteiger partial charge in [-0.05, 0) is 68.4 Å². The molecule has 1 heterocycles. The highest BCUT2D eigenvalue weighted by Gasteiger charge is 2.60. The Labute approximate surface area is 227 Å². The van der Waals surface area contributed by atoms with E-state index in [4.69, 9.17) is 11.6 Å². The number of aliphatic hydroxyl groups is 1. The van der Waals surface area contributed by atoms with Crippen LogP contribution in [0.3, 0.4) is 0 Å². The first-order chi connectivity index (χ1) is 17.6. The molecule has 1 aliphatic carbocycles. The summed E-state index contributed by atoms with van der Waals surface area (Å²) in [6, 6.07) is 8.42. The van der Waals surface area contributed by atoms with E-state index in [9.17, 15) is 19.1 Å². The predicted molar refractivity (Wildman–Crippen MR) is 144 cm³/mol. The number of carbonyl (C=O) groups excluding carboxylic acids is 2. The Hall–Kier alpha value is -2.55. The van der Waals surface area contributed by atoms with Gasteiger partial charge in [0.05, 0.1) is 22.1 Å². The molecule has 4 rings (SSSR count). The molecule has 2 fully saturated rings. The van der Waals surface area contributed by atoms with E-state index in [0.717, 1.165) is 0 Å². The fourth-order valence-electron chi connectivity index (χ4n) is 5.95. The summed E-state index contributed by atoms with van der Waals surface area (Å²) in [6.45, 7) is 9.51.